The highest BCUT2D eigenvalue weighted by Crippen LogP contribution is 2.39. The minimum absolute atomic E-state index is 0.0867. The van der Waals surface area contributed by atoms with Crippen molar-refractivity contribution in [3.8, 4) is 17.1 Å². The Labute approximate surface area is 164 Å². The molecule has 1 aliphatic heterocycles. The fourth-order valence-electron chi connectivity index (χ4n) is 4.06. The van der Waals surface area contributed by atoms with Crippen molar-refractivity contribution in [2.45, 2.75) is 51.0 Å². The molecular weight excluding hydrogens is 362 g/mol. The third-order valence-corrected chi connectivity index (χ3v) is 5.67. The first-order chi connectivity index (χ1) is 13.2. The molecule has 0 bridgehead atoms. The van der Waals surface area contributed by atoms with Gasteiger partial charge in [-0.05, 0) is 30.5 Å². The summed E-state index contributed by atoms with van der Waals surface area (Å²) in [7, 11) is 0. The van der Waals surface area contributed by atoms with Crippen molar-refractivity contribution in [3.63, 3.8) is 0 Å². The Kier molecular flexibility index (Phi) is 5.58. The molecule has 0 radical (unpaired) electrons. The summed E-state index contributed by atoms with van der Waals surface area (Å²) in [5.74, 6) is 2.22. The molecule has 2 aliphatic rings. The van der Waals surface area contributed by atoms with Gasteiger partial charge in [0, 0.05) is 35.8 Å². The Hall–Kier alpha value is -2.14. The van der Waals surface area contributed by atoms with Crippen LogP contribution in [0.1, 0.15) is 44.1 Å². The first-order valence-corrected chi connectivity index (χ1v) is 10.1. The molecule has 0 spiro atoms. The van der Waals surface area contributed by atoms with Crippen molar-refractivity contribution in [2.24, 2.45) is 5.92 Å². The van der Waals surface area contributed by atoms with Gasteiger partial charge in [0.1, 0.15) is 11.9 Å². The van der Waals surface area contributed by atoms with Crippen molar-refractivity contribution in [3.05, 3.63) is 41.2 Å². The lowest BCUT2D eigenvalue weighted by molar-refractivity contribution is -0.121. The molecule has 1 amide bonds. The van der Waals surface area contributed by atoms with Gasteiger partial charge in [0.15, 0.2) is 5.82 Å². The fourth-order valence-corrected chi connectivity index (χ4v) is 4.30. The predicted octanol–water partition coefficient (Wildman–Crippen LogP) is 4.19. The lowest BCUT2D eigenvalue weighted by Crippen LogP contribution is -2.34. The number of nitrogens with zero attached hydrogens (tertiary/aromatic N) is 2. The highest BCUT2D eigenvalue weighted by molar-refractivity contribution is 6.31. The molecule has 1 atom stereocenters. The number of rotatable bonds is 6. The van der Waals surface area contributed by atoms with E-state index in [4.69, 9.17) is 16.3 Å². The fraction of sp³-hybridized carbons (Fsp3) is 0.476. The van der Waals surface area contributed by atoms with E-state index in [1.54, 1.807) is 18.5 Å². The van der Waals surface area contributed by atoms with Crippen LogP contribution in [0.3, 0.4) is 0 Å². The van der Waals surface area contributed by atoms with E-state index in [1.807, 2.05) is 12.1 Å². The summed E-state index contributed by atoms with van der Waals surface area (Å²) >= 11 is 6.28. The highest BCUT2D eigenvalue weighted by Gasteiger charge is 2.28. The van der Waals surface area contributed by atoms with Crippen LogP contribution < -0.4 is 10.1 Å². The summed E-state index contributed by atoms with van der Waals surface area (Å²) in [6, 6.07) is 5.53. The average molecular weight is 386 g/mol. The van der Waals surface area contributed by atoms with Crippen LogP contribution in [0.15, 0.2) is 30.6 Å². The topological polar surface area (TPSA) is 64.1 Å². The van der Waals surface area contributed by atoms with Gasteiger partial charge in [-0.15, -0.1) is 0 Å². The summed E-state index contributed by atoms with van der Waals surface area (Å²) in [6.45, 7) is 0.505. The average Bonchev–Trinajstić information content (AvgIpc) is 3.34. The van der Waals surface area contributed by atoms with Crippen LogP contribution in [0.25, 0.3) is 11.4 Å². The van der Waals surface area contributed by atoms with Crippen LogP contribution >= 0.6 is 11.6 Å². The van der Waals surface area contributed by atoms with Gasteiger partial charge in [-0.25, -0.2) is 9.97 Å². The molecule has 1 aliphatic carbocycles. The summed E-state index contributed by atoms with van der Waals surface area (Å²) in [6.07, 6.45) is 10.8. The molecular formula is C21H24ClN3O2. The zero-order valence-corrected chi connectivity index (χ0v) is 16.0. The summed E-state index contributed by atoms with van der Waals surface area (Å²) in [5, 5.41) is 3.67. The lowest BCUT2D eigenvalue weighted by Gasteiger charge is -2.14. The van der Waals surface area contributed by atoms with Gasteiger partial charge in [0.2, 0.25) is 5.91 Å². The second-order valence-electron chi connectivity index (χ2n) is 7.45. The van der Waals surface area contributed by atoms with Crippen molar-refractivity contribution >= 4 is 17.5 Å². The van der Waals surface area contributed by atoms with Crippen LogP contribution in [0.5, 0.6) is 5.75 Å². The zero-order chi connectivity index (χ0) is 18.6. The lowest BCUT2D eigenvalue weighted by atomic mass is 10.0. The first kappa shape index (κ1) is 18.2. The second kappa shape index (κ2) is 8.26. The Morgan fingerprint density at radius 3 is 2.78 bits per heavy atom. The molecule has 5 nitrogen and oxygen atoms in total. The molecule has 27 heavy (non-hydrogen) atoms. The third-order valence-electron chi connectivity index (χ3n) is 5.45. The van der Waals surface area contributed by atoms with Gasteiger partial charge in [0.05, 0.1) is 12.1 Å². The normalized spacial score (nSPS) is 18.9. The third kappa shape index (κ3) is 4.41. The number of amides is 1. The van der Waals surface area contributed by atoms with E-state index in [0.29, 0.717) is 23.8 Å². The largest absolute Gasteiger partial charge is 0.487 e. The molecule has 4 rings (SSSR count). The number of halogens is 1. The van der Waals surface area contributed by atoms with Crippen molar-refractivity contribution in [1.29, 1.82) is 0 Å². The number of carbonyl (C=O) groups is 1. The van der Waals surface area contributed by atoms with E-state index in [2.05, 4.69) is 15.3 Å². The second-order valence-corrected chi connectivity index (χ2v) is 7.89. The standard InChI is InChI=1S/C21H24ClN3O2/c22-16-10-15-11-17(13-25-19(26)7-6-14-4-1-2-5-14)27-20(15)18(12-16)21-23-8-3-9-24-21/h3,8-10,12,14,17H,1-2,4-7,11,13H2,(H,25,26)/t17-/m0/s1. The van der Waals surface area contributed by atoms with Crippen LogP contribution in [-0.2, 0) is 11.2 Å². The number of hydrogen-bond acceptors (Lipinski definition) is 4. The number of hydrogen-bond donors (Lipinski definition) is 1. The molecule has 1 fully saturated rings. The molecule has 2 heterocycles. The zero-order valence-electron chi connectivity index (χ0n) is 15.3. The van der Waals surface area contributed by atoms with Gasteiger partial charge >= 0.3 is 0 Å². The monoisotopic (exact) mass is 385 g/mol. The Balaban J connectivity index is 1.36. The quantitative estimate of drug-likeness (QED) is 0.809. The van der Waals surface area contributed by atoms with E-state index in [-0.39, 0.29) is 12.0 Å². The summed E-state index contributed by atoms with van der Waals surface area (Å²) < 4.78 is 6.12. The SMILES string of the molecule is O=C(CCC1CCCC1)NC[C@@H]1Cc2cc(Cl)cc(-c3ncccn3)c2O1. The van der Waals surface area contributed by atoms with Gasteiger partial charge in [-0.2, -0.15) is 0 Å². The molecule has 2 aromatic rings. The Morgan fingerprint density at radius 1 is 1.22 bits per heavy atom. The summed E-state index contributed by atoms with van der Waals surface area (Å²) in [4.78, 5) is 20.8. The molecule has 1 aromatic carbocycles. The van der Waals surface area contributed by atoms with Crippen LogP contribution in [0, 0.1) is 5.92 Å². The maximum Gasteiger partial charge on any atom is 0.220 e. The number of nitrogens with one attached hydrogen (secondary N) is 1. The van der Waals surface area contributed by atoms with E-state index in [1.165, 1.54) is 25.7 Å². The van der Waals surface area contributed by atoms with E-state index in [0.717, 1.165) is 35.6 Å². The number of aromatic nitrogens is 2. The number of fused-ring (bicyclic) bond motifs is 1. The maximum absolute atomic E-state index is 12.2. The molecule has 1 saturated carbocycles. The van der Waals surface area contributed by atoms with Gasteiger partial charge < -0.3 is 10.1 Å². The highest BCUT2D eigenvalue weighted by atomic mass is 35.5. The Bertz CT molecular complexity index is 807. The maximum atomic E-state index is 12.2. The van der Waals surface area contributed by atoms with Gasteiger partial charge in [0.25, 0.3) is 0 Å². The van der Waals surface area contributed by atoms with E-state index >= 15 is 0 Å². The van der Waals surface area contributed by atoms with Crippen molar-refractivity contribution < 1.29 is 9.53 Å². The number of ether oxygens (including phenoxy) is 1. The van der Waals surface area contributed by atoms with Gasteiger partial charge in [-0.1, -0.05) is 37.3 Å². The predicted molar refractivity (Wildman–Crippen MR) is 105 cm³/mol. The molecule has 142 valence electrons. The molecule has 1 aromatic heterocycles. The number of carbonyl (C=O) groups excluding carboxylic acids is 1. The Morgan fingerprint density at radius 2 is 2.00 bits per heavy atom. The van der Waals surface area contributed by atoms with Crippen molar-refractivity contribution in [2.75, 3.05) is 6.54 Å². The molecule has 1 N–H and O–H groups in total. The smallest absolute Gasteiger partial charge is 0.220 e. The minimum Gasteiger partial charge on any atom is -0.487 e. The molecule has 6 heteroatoms. The van der Waals surface area contributed by atoms with Gasteiger partial charge in [-0.3, -0.25) is 4.79 Å². The molecule has 0 unspecified atom stereocenters. The van der Waals surface area contributed by atoms with E-state index < -0.39 is 0 Å². The van der Waals surface area contributed by atoms with Crippen LogP contribution in [0.2, 0.25) is 5.02 Å². The van der Waals surface area contributed by atoms with Crippen LogP contribution in [0.4, 0.5) is 0 Å². The van der Waals surface area contributed by atoms with Crippen molar-refractivity contribution in [1.82, 2.24) is 15.3 Å². The summed E-state index contributed by atoms with van der Waals surface area (Å²) in [5.41, 5.74) is 1.84. The molecule has 0 saturated heterocycles. The van der Waals surface area contributed by atoms with E-state index in [9.17, 15) is 4.79 Å². The number of benzene rings is 1. The minimum atomic E-state index is -0.0867. The first-order valence-electron chi connectivity index (χ1n) is 9.72. The van der Waals surface area contributed by atoms with Crippen LogP contribution in [-0.4, -0.2) is 28.5 Å².